The smallest absolute Gasteiger partial charge is 0.181 e. The van der Waals surface area contributed by atoms with Gasteiger partial charge < -0.3 is 15.5 Å². The van der Waals surface area contributed by atoms with Crippen molar-refractivity contribution in [3.8, 4) is 22.8 Å². The first-order chi connectivity index (χ1) is 11.2. The highest BCUT2D eigenvalue weighted by atomic mass is 16.3. The first-order valence-corrected chi connectivity index (χ1v) is 7.15. The lowest BCUT2D eigenvalue weighted by Gasteiger charge is -2.10. The number of fused-ring (bicyclic) bond motifs is 3. The molecule has 0 amide bonds. The molecule has 0 spiro atoms. The van der Waals surface area contributed by atoms with Gasteiger partial charge in [0, 0.05) is 18.7 Å². The van der Waals surface area contributed by atoms with Crippen LogP contribution in [0.15, 0.2) is 48.7 Å². The number of nitrogens with one attached hydrogen (secondary N) is 1. The Morgan fingerprint density at radius 1 is 1.09 bits per heavy atom. The van der Waals surface area contributed by atoms with Gasteiger partial charge in [-0.3, -0.25) is 4.40 Å². The van der Waals surface area contributed by atoms with Crippen LogP contribution in [0, 0.1) is 0 Å². The summed E-state index contributed by atoms with van der Waals surface area (Å²) in [6.45, 7) is 0. The summed E-state index contributed by atoms with van der Waals surface area (Å²) in [6, 6.07) is 12.3. The van der Waals surface area contributed by atoms with Gasteiger partial charge in [-0.15, -0.1) is 0 Å². The molecule has 114 valence electrons. The Hall–Kier alpha value is -3.28. The number of para-hydroxylation sites is 2. The minimum absolute atomic E-state index is 0.00120. The first-order valence-electron chi connectivity index (χ1n) is 7.15. The minimum Gasteiger partial charge on any atom is -0.508 e. The number of hydrogen-bond donors (Lipinski definition) is 3. The topological polar surface area (TPSA) is 82.7 Å². The molecule has 0 bridgehead atoms. The van der Waals surface area contributed by atoms with E-state index in [1.54, 1.807) is 19.3 Å². The van der Waals surface area contributed by atoms with E-state index in [1.807, 2.05) is 28.7 Å². The van der Waals surface area contributed by atoms with Crippen LogP contribution in [-0.2, 0) is 0 Å². The largest absolute Gasteiger partial charge is 0.508 e. The Morgan fingerprint density at radius 2 is 1.91 bits per heavy atom. The molecule has 0 fully saturated rings. The van der Waals surface area contributed by atoms with Crippen molar-refractivity contribution in [3.63, 3.8) is 0 Å². The van der Waals surface area contributed by atoms with Gasteiger partial charge in [-0.1, -0.05) is 12.1 Å². The average molecular weight is 306 g/mol. The lowest BCUT2D eigenvalue weighted by Crippen LogP contribution is -2.00. The molecule has 6 heteroatoms. The Bertz CT molecular complexity index is 1040. The number of phenolic OH excluding ortho intramolecular Hbond substituents is 2. The molecular formula is C17H14N4O2. The molecule has 0 atom stereocenters. The molecule has 0 aliphatic heterocycles. The molecule has 0 aliphatic carbocycles. The van der Waals surface area contributed by atoms with Crippen molar-refractivity contribution >= 4 is 22.5 Å². The van der Waals surface area contributed by atoms with E-state index in [2.05, 4.69) is 15.3 Å². The number of benzene rings is 2. The molecule has 2 heterocycles. The third-order valence-electron chi connectivity index (χ3n) is 3.82. The summed E-state index contributed by atoms with van der Waals surface area (Å²) < 4.78 is 1.94. The van der Waals surface area contributed by atoms with Gasteiger partial charge in [-0.2, -0.15) is 0 Å². The number of aromatic nitrogens is 3. The number of imidazole rings is 1. The highest BCUT2D eigenvalue weighted by Gasteiger charge is 2.16. The zero-order valence-electron chi connectivity index (χ0n) is 12.4. The molecular weight excluding hydrogens is 292 g/mol. The van der Waals surface area contributed by atoms with Gasteiger partial charge in [0.25, 0.3) is 0 Å². The Morgan fingerprint density at radius 3 is 2.70 bits per heavy atom. The SMILES string of the molecule is CNc1nc2ccccc2n2c(-c3ccc(O)cc3O)cnc12. The van der Waals surface area contributed by atoms with Crippen LogP contribution in [0.2, 0.25) is 0 Å². The van der Waals surface area contributed by atoms with Crippen LogP contribution in [0.1, 0.15) is 0 Å². The zero-order chi connectivity index (χ0) is 16.0. The molecule has 3 N–H and O–H groups in total. The van der Waals surface area contributed by atoms with Crippen molar-refractivity contribution in [1.29, 1.82) is 0 Å². The highest BCUT2D eigenvalue weighted by molar-refractivity contribution is 5.86. The van der Waals surface area contributed by atoms with Crippen molar-refractivity contribution in [2.75, 3.05) is 12.4 Å². The third-order valence-corrected chi connectivity index (χ3v) is 3.82. The standard InChI is InChI=1S/C17H14N4O2/c1-18-16-17-19-9-14(11-7-6-10(22)8-15(11)23)21(17)13-5-3-2-4-12(13)20-16/h2-9,22-23H,1H3,(H,18,20). The second-order valence-corrected chi connectivity index (χ2v) is 5.20. The van der Waals surface area contributed by atoms with Gasteiger partial charge in [-0.05, 0) is 24.3 Å². The first kappa shape index (κ1) is 13.4. The molecule has 4 aromatic rings. The summed E-state index contributed by atoms with van der Waals surface area (Å²) in [5, 5.41) is 22.7. The molecule has 4 rings (SSSR count). The van der Waals surface area contributed by atoms with Crippen molar-refractivity contribution in [2.45, 2.75) is 0 Å². The molecule has 0 aliphatic rings. The van der Waals surface area contributed by atoms with Gasteiger partial charge in [0.15, 0.2) is 11.5 Å². The predicted octanol–water partition coefficient (Wildman–Crippen LogP) is 3.00. The lowest BCUT2D eigenvalue weighted by atomic mass is 10.1. The zero-order valence-corrected chi connectivity index (χ0v) is 12.4. The lowest BCUT2D eigenvalue weighted by molar-refractivity contribution is 0.451. The van der Waals surface area contributed by atoms with Crippen LogP contribution in [0.25, 0.3) is 27.9 Å². The van der Waals surface area contributed by atoms with Crippen LogP contribution in [0.5, 0.6) is 11.5 Å². The van der Waals surface area contributed by atoms with Crippen LogP contribution < -0.4 is 5.32 Å². The molecule has 0 radical (unpaired) electrons. The van der Waals surface area contributed by atoms with E-state index in [1.165, 1.54) is 12.1 Å². The summed E-state index contributed by atoms with van der Waals surface area (Å²) in [5.41, 5.74) is 3.71. The van der Waals surface area contributed by atoms with Crippen LogP contribution in [0.3, 0.4) is 0 Å². The van der Waals surface area contributed by atoms with Crippen LogP contribution >= 0.6 is 0 Å². The van der Waals surface area contributed by atoms with Gasteiger partial charge in [0.1, 0.15) is 11.5 Å². The second-order valence-electron chi connectivity index (χ2n) is 5.20. The monoisotopic (exact) mass is 306 g/mol. The fourth-order valence-corrected chi connectivity index (χ4v) is 2.78. The van der Waals surface area contributed by atoms with E-state index in [9.17, 15) is 10.2 Å². The average Bonchev–Trinajstić information content (AvgIpc) is 2.99. The number of phenols is 2. The van der Waals surface area contributed by atoms with Crippen LogP contribution in [0.4, 0.5) is 5.82 Å². The third kappa shape index (κ3) is 1.96. The normalized spacial score (nSPS) is 11.2. The van der Waals surface area contributed by atoms with Crippen molar-refractivity contribution in [3.05, 3.63) is 48.7 Å². The summed E-state index contributed by atoms with van der Waals surface area (Å²) in [6.07, 6.45) is 1.69. The minimum atomic E-state index is -0.00120. The van der Waals surface area contributed by atoms with E-state index in [4.69, 9.17) is 0 Å². The number of anilines is 1. The Kier molecular flexibility index (Phi) is 2.84. The molecule has 23 heavy (non-hydrogen) atoms. The van der Waals surface area contributed by atoms with Crippen molar-refractivity contribution < 1.29 is 10.2 Å². The molecule has 6 nitrogen and oxygen atoms in total. The Balaban J connectivity index is 2.14. The Labute approximate surface area is 131 Å². The number of rotatable bonds is 2. The van der Waals surface area contributed by atoms with E-state index in [0.717, 1.165) is 16.7 Å². The van der Waals surface area contributed by atoms with E-state index in [-0.39, 0.29) is 11.5 Å². The van der Waals surface area contributed by atoms with Crippen molar-refractivity contribution in [2.24, 2.45) is 0 Å². The van der Waals surface area contributed by atoms with Gasteiger partial charge in [0.2, 0.25) is 0 Å². The van der Waals surface area contributed by atoms with Gasteiger partial charge >= 0.3 is 0 Å². The second kappa shape index (κ2) is 4.88. The molecule has 2 aromatic carbocycles. The van der Waals surface area contributed by atoms with E-state index < -0.39 is 0 Å². The summed E-state index contributed by atoms with van der Waals surface area (Å²) >= 11 is 0. The molecule has 0 saturated carbocycles. The van der Waals surface area contributed by atoms with E-state index in [0.29, 0.717) is 17.0 Å². The quantitative estimate of drug-likeness (QED) is 0.530. The number of hydrogen-bond acceptors (Lipinski definition) is 5. The summed E-state index contributed by atoms with van der Waals surface area (Å²) in [7, 11) is 1.80. The molecule has 0 saturated heterocycles. The maximum absolute atomic E-state index is 10.2. The number of nitrogens with zero attached hydrogens (tertiary/aromatic N) is 3. The fourth-order valence-electron chi connectivity index (χ4n) is 2.78. The maximum atomic E-state index is 10.2. The summed E-state index contributed by atoms with van der Waals surface area (Å²) in [5.74, 6) is 0.675. The maximum Gasteiger partial charge on any atom is 0.181 e. The fraction of sp³-hybridized carbons (Fsp3) is 0.0588. The van der Waals surface area contributed by atoms with Gasteiger partial charge in [-0.25, -0.2) is 9.97 Å². The van der Waals surface area contributed by atoms with Crippen LogP contribution in [-0.4, -0.2) is 31.6 Å². The van der Waals surface area contributed by atoms with E-state index >= 15 is 0 Å². The number of aromatic hydroxyl groups is 2. The summed E-state index contributed by atoms with van der Waals surface area (Å²) in [4.78, 5) is 9.01. The molecule has 2 aromatic heterocycles. The molecule has 0 unspecified atom stereocenters. The predicted molar refractivity (Wildman–Crippen MR) is 88.8 cm³/mol. The highest BCUT2D eigenvalue weighted by Crippen LogP contribution is 2.34. The van der Waals surface area contributed by atoms with Gasteiger partial charge in [0.05, 0.1) is 22.9 Å². The van der Waals surface area contributed by atoms with Crippen molar-refractivity contribution in [1.82, 2.24) is 14.4 Å².